The molecule has 1 heterocycles. The van der Waals surface area contributed by atoms with E-state index in [4.69, 9.17) is 4.74 Å². The summed E-state index contributed by atoms with van der Waals surface area (Å²) >= 11 is 0. The van der Waals surface area contributed by atoms with Crippen molar-refractivity contribution in [1.82, 2.24) is 24.9 Å². The Kier molecular flexibility index (Phi) is 7.67. The summed E-state index contributed by atoms with van der Waals surface area (Å²) in [7, 11) is 9.94. The number of aliphatic imine (C=N–C) groups is 1. The Balaban J connectivity index is 1.96. The zero-order chi connectivity index (χ0) is 19.8. The Morgan fingerprint density at radius 3 is 2.48 bits per heavy atom. The molecule has 2 aromatic rings. The van der Waals surface area contributed by atoms with Gasteiger partial charge in [0.1, 0.15) is 5.75 Å². The van der Waals surface area contributed by atoms with Gasteiger partial charge in [-0.2, -0.15) is 5.10 Å². The maximum Gasteiger partial charge on any atom is 0.193 e. The summed E-state index contributed by atoms with van der Waals surface area (Å²) in [5.74, 6) is 1.76. The summed E-state index contributed by atoms with van der Waals surface area (Å²) in [5, 5.41) is 7.77. The first-order valence-corrected chi connectivity index (χ1v) is 9.23. The SMILES string of the molecule is CCOc1ccc(CN(C)C(=NC)NCC(c2cnn(C)c2)N(C)C)cc1. The Hall–Kier alpha value is -2.54. The summed E-state index contributed by atoms with van der Waals surface area (Å²) in [4.78, 5) is 8.73. The van der Waals surface area contributed by atoms with Gasteiger partial charge >= 0.3 is 0 Å². The number of rotatable bonds is 8. The standard InChI is InChI=1S/C20H32N6O/c1-7-27-18-10-8-16(9-11-18)14-25(5)20(21-2)22-13-19(24(3)4)17-12-23-26(6)15-17/h8-12,15,19H,7,13-14H2,1-6H3,(H,21,22). The summed E-state index contributed by atoms with van der Waals surface area (Å²) in [6, 6.07) is 8.41. The van der Waals surface area contributed by atoms with Gasteiger partial charge in [0.2, 0.25) is 0 Å². The van der Waals surface area contributed by atoms with Gasteiger partial charge in [-0.05, 0) is 38.7 Å². The topological polar surface area (TPSA) is 57.9 Å². The monoisotopic (exact) mass is 372 g/mol. The molecule has 1 atom stereocenters. The molecule has 0 aliphatic carbocycles. The first kappa shape index (κ1) is 20.8. The fourth-order valence-electron chi connectivity index (χ4n) is 2.99. The molecule has 1 unspecified atom stereocenters. The van der Waals surface area contributed by atoms with Gasteiger partial charge in [-0.1, -0.05) is 12.1 Å². The molecule has 7 nitrogen and oxygen atoms in total. The van der Waals surface area contributed by atoms with Crippen LogP contribution in [0.25, 0.3) is 0 Å². The molecule has 0 amide bonds. The van der Waals surface area contributed by atoms with Crippen molar-refractivity contribution in [2.75, 3.05) is 41.3 Å². The fraction of sp³-hybridized carbons (Fsp3) is 0.500. The number of nitrogens with zero attached hydrogens (tertiary/aromatic N) is 5. The molecule has 0 radical (unpaired) electrons. The van der Waals surface area contributed by atoms with E-state index in [1.54, 1.807) is 0 Å². The van der Waals surface area contributed by atoms with E-state index in [0.717, 1.165) is 24.8 Å². The average Bonchev–Trinajstić information content (AvgIpc) is 3.06. The van der Waals surface area contributed by atoms with E-state index >= 15 is 0 Å². The average molecular weight is 373 g/mol. The van der Waals surface area contributed by atoms with E-state index in [1.807, 2.05) is 51.1 Å². The largest absolute Gasteiger partial charge is 0.494 e. The Morgan fingerprint density at radius 1 is 1.26 bits per heavy atom. The van der Waals surface area contributed by atoms with Gasteiger partial charge in [0.05, 0.1) is 18.8 Å². The Labute approximate surface area is 162 Å². The summed E-state index contributed by atoms with van der Waals surface area (Å²) in [5.41, 5.74) is 2.39. The van der Waals surface area contributed by atoms with Crippen LogP contribution >= 0.6 is 0 Å². The van der Waals surface area contributed by atoms with Gasteiger partial charge in [-0.15, -0.1) is 0 Å². The van der Waals surface area contributed by atoms with Crippen molar-refractivity contribution < 1.29 is 4.74 Å². The Morgan fingerprint density at radius 2 is 1.96 bits per heavy atom. The van der Waals surface area contributed by atoms with E-state index in [9.17, 15) is 0 Å². The molecular weight excluding hydrogens is 340 g/mol. The number of aromatic nitrogens is 2. The van der Waals surface area contributed by atoms with E-state index in [2.05, 4.69) is 57.6 Å². The van der Waals surface area contributed by atoms with Crippen LogP contribution in [0.4, 0.5) is 0 Å². The summed E-state index contributed by atoms with van der Waals surface area (Å²) < 4.78 is 7.34. The number of nitrogens with one attached hydrogen (secondary N) is 1. The van der Waals surface area contributed by atoms with Crippen LogP contribution in [-0.2, 0) is 13.6 Å². The van der Waals surface area contributed by atoms with Crippen LogP contribution in [0.15, 0.2) is 41.7 Å². The van der Waals surface area contributed by atoms with Crippen molar-refractivity contribution in [3.8, 4) is 5.75 Å². The summed E-state index contributed by atoms with van der Waals surface area (Å²) in [6.07, 6.45) is 3.97. The predicted molar refractivity (Wildman–Crippen MR) is 110 cm³/mol. The van der Waals surface area contributed by atoms with Crippen molar-refractivity contribution in [1.29, 1.82) is 0 Å². The van der Waals surface area contributed by atoms with Crippen LogP contribution in [0, 0.1) is 0 Å². The van der Waals surface area contributed by atoms with Crippen LogP contribution in [0.3, 0.4) is 0 Å². The van der Waals surface area contributed by atoms with E-state index in [0.29, 0.717) is 6.61 Å². The number of guanidine groups is 1. The minimum absolute atomic E-state index is 0.217. The molecule has 1 aromatic heterocycles. The highest BCUT2D eigenvalue weighted by molar-refractivity contribution is 5.79. The highest BCUT2D eigenvalue weighted by Crippen LogP contribution is 2.17. The third-order valence-electron chi connectivity index (χ3n) is 4.41. The van der Waals surface area contributed by atoms with Crippen LogP contribution in [0.2, 0.25) is 0 Å². The van der Waals surface area contributed by atoms with Gasteiger partial charge < -0.3 is 19.9 Å². The first-order valence-electron chi connectivity index (χ1n) is 9.23. The number of ether oxygens (including phenoxy) is 1. The molecule has 148 valence electrons. The smallest absolute Gasteiger partial charge is 0.193 e. The fourth-order valence-corrected chi connectivity index (χ4v) is 2.99. The minimum Gasteiger partial charge on any atom is -0.494 e. The second kappa shape index (κ2) is 9.97. The lowest BCUT2D eigenvalue weighted by Gasteiger charge is -2.27. The van der Waals surface area contributed by atoms with E-state index < -0.39 is 0 Å². The maximum atomic E-state index is 5.50. The third kappa shape index (κ3) is 5.99. The highest BCUT2D eigenvalue weighted by atomic mass is 16.5. The van der Waals surface area contributed by atoms with Gasteiger partial charge in [0.15, 0.2) is 5.96 Å². The van der Waals surface area contributed by atoms with Crippen molar-refractivity contribution in [3.05, 3.63) is 47.8 Å². The molecule has 7 heteroatoms. The quantitative estimate of drug-likeness (QED) is 0.568. The normalized spacial score (nSPS) is 12.9. The summed E-state index contributed by atoms with van der Waals surface area (Å²) in [6.45, 7) is 4.19. The molecule has 2 rings (SSSR count). The molecule has 0 spiro atoms. The maximum absolute atomic E-state index is 5.50. The lowest BCUT2D eigenvalue weighted by molar-refractivity contribution is 0.295. The predicted octanol–water partition coefficient (Wildman–Crippen LogP) is 2.13. The molecule has 1 N–H and O–H groups in total. The minimum atomic E-state index is 0.217. The molecule has 27 heavy (non-hydrogen) atoms. The molecule has 0 saturated heterocycles. The van der Waals surface area contributed by atoms with E-state index in [-0.39, 0.29) is 6.04 Å². The lowest BCUT2D eigenvalue weighted by atomic mass is 10.1. The Bertz CT molecular complexity index is 722. The number of benzene rings is 1. The van der Waals surface area contributed by atoms with Crippen molar-refractivity contribution >= 4 is 5.96 Å². The number of aryl methyl sites for hydroxylation is 1. The molecule has 1 aromatic carbocycles. The van der Waals surface area contributed by atoms with Gasteiger partial charge in [0, 0.05) is 46.0 Å². The van der Waals surface area contributed by atoms with Crippen LogP contribution in [0.1, 0.15) is 24.1 Å². The number of likely N-dealkylation sites (N-methyl/N-ethyl adjacent to an activating group) is 1. The van der Waals surface area contributed by atoms with Crippen molar-refractivity contribution in [3.63, 3.8) is 0 Å². The highest BCUT2D eigenvalue weighted by Gasteiger charge is 2.17. The lowest BCUT2D eigenvalue weighted by Crippen LogP contribution is -2.42. The molecule has 0 fully saturated rings. The molecule has 0 aliphatic rings. The second-order valence-corrected chi connectivity index (χ2v) is 6.79. The number of hydrogen-bond acceptors (Lipinski definition) is 4. The van der Waals surface area contributed by atoms with Gasteiger partial charge in [0.25, 0.3) is 0 Å². The molecule has 0 bridgehead atoms. The third-order valence-corrected chi connectivity index (χ3v) is 4.41. The number of hydrogen-bond donors (Lipinski definition) is 1. The van der Waals surface area contributed by atoms with E-state index in [1.165, 1.54) is 11.1 Å². The molecular formula is C20H32N6O. The van der Waals surface area contributed by atoms with Crippen molar-refractivity contribution in [2.24, 2.45) is 12.0 Å². The van der Waals surface area contributed by atoms with Crippen LogP contribution < -0.4 is 10.1 Å². The molecule has 0 saturated carbocycles. The van der Waals surface area contributed by atoms with Crippen LogP contribution in [0.5, 0.6) is 5.75 Å². The first-order chi connectivity index (χ1) is 12.9. The van der Waals surface area contributed by atoms with Gasteiger partial charge in [-0.3, -0.25) is 9.67 Å². The molecule has 0 aliphatic heterocycles. The second-order valence-electron chi connectivity index (χ2n) is 6.79. The van der Waals surface area contributed by atoms with Gasteiger partial charge in [-0.25, -0.2) is 0 Å². The van der Waals surface area contributed by atoms with Crippen LogP contribution in [-0.4, -0.2) is 66.9 Å². The zero-order valence-corrected chi connectivity index (χ0v) is 17.3. The zero-order valence-electron chi connectivity index (χ0n) is 17.3. The van der Waals surface area contributed by atoms with Crippen molar-refractivity contribution in [2.45, 2.75) is 19.5 Å².